The van der Waals surface area contributed by atoms with Gasteiger partial charge in [-0.05, 0) is 11.1 Å². The first-order valence-corrected chi connectivity index (χ1v) is 15.7. The van der Waals surface area contributed by atoms with E-state index in [0.29, 0.717) is 11.8 Å². The molecule has 6 rings (SSSR count). The fourth-order valence-electron chi connectivity index (χ4n) is 5.15. The summed E-state index contributed by atoms with van der Waals surface area (Å²) in [6.45, 7) is 8.73. The van der Waals surface area contributed by atoms with Gasteiger partial charge in [-0.15, -0.1) is 60.3 Å². The summed E-state index contributed by atoms with van der Waals surface area (Å²) < 4.78 is 1.51. The van der Waals surface area contributed by atoms with Crippen LogP contribution < -0.4 is 0 Å². The molecule has 4 aliphatic carbocycles. The molecular weight excluding hydrogens is 631 g/mol. The van der Waals surface area contributed by atoms with E-state index in [1.165, 1.54) is 60.6 Å². The van der Waals surface area contributed by atoms with E-state index >= 15 is 0 Å². The third kappa shape index (κ3) is 9.74. The quantitative estimate of drug-likeness (QED) is 0.284. The van der Waals surface area contributed by atoms with Crippen molar-refractivity contribution in [3.05, 3.63) is 168 Å². The average Bonchev–Trinajstić information content (AvgIpc) is 3.45. The second-order valence-electron chi connectivity index (χ2n) is 10.5. The van der Waals surface area contributed by atoms with Gasteiger partial charge in [-0.25, -0.2) is 0 Å². The Morgan fingerprint density at radius 1 is 0.571 bits per heavy atom. The van der Waals surface area contributed by atoms with E-state index in [1.54, 1.807) is 24.2 Å². The van der Waals surface area contributed by atoms with Crippen molar-refractivity contribution in [2.45, 2.75) is 40.5 Å². The zero-order chi connectivity index (χ0) is 28.3. The van der Waals surface area contributed by atoms with Crippen molar-refractivity contribution in [1.82, 2.24) is 0 Å². The SMILES string of the molecule is CCC1C=C2C(=CC=CC=C2c2ccccc2)[CH-]1.CCC1C=C2C(=CC=CC=C2c2ccccc2)[CH-]1.C[C](C)=[Zr+2].Cl.Cl. The largest absolute Gasteiger partial charge is 0.147 e. The molecule has 42 heavy (non-hydrogen) atoms. The normalized spacial score (nSPS) is 19.0. The summed E-state index contributed by atoms with van der Waals surface area (Å²) in [5.74, 6) is 1.18. The Bertz CT molecular complexity index is 1320. The van der Waals surface area contributed by atoms with Crippen molar-refractivity contribution >= 4 is 39.2 Å². The van der Waals surface area contributed by atoms with Crippen LogP contribution in [0, 0.1) is 24.7 Å². The Morgan fingerprint density at radius 3 is 1.24 bits per heavy atom. The minimum absolute atomic E-state index is 0. The van der Waals surface area contributed by atoms with Crippen LogP contribution in [-0.2, 0) is 24.2 Å². The van der Waals surface area contributed by atoms with Gasteiger partial charge >= 0.3 is 41.3 Å². The van der Waals surface area contributed by atoms with Gasteiger partial charge in [0, 0.05) is 0 Å². The number of rotatable bonds is 4. The van der Waals surface area contributed by atoms with Gasteiger partial charge in [-0.2, -0.15) is 36.1 Å². The second-order valence-corrected chi connectivity index (χ2v) is 13.0. The molecule has 2 atom stereocenters. The van der Waals surface area contributed by atoms with Crippen LogP contribution in [0.3, 0.4) is 0 Å². The fraction of sp³-hybridized carbons (Fsp3) is 0.205. The number of fused-ring (bicyclic) bond motifs is 2. The molecule has 0 amide bonds. The zero-order valence-electron chi connectivity index (χ0n) is 25.1. The van der Waals surface area contributed by atoms with E-state index in [2.05, 4.69) is 162 Å². The standard InChI is InChI=1S/2C18H17.C3H6.2ClH.Zr/c2*1-2-14-12-16-10-6-7-11-17(18(16)13-14)15-8-4-3-5-9-15;1-3-2;;;/h2*3-14H,2H2,1H3;1-2H3;2*1H;/q2*-1;;;;+2. The van der Waals surface area contributed by atoms with Crippen LogP contribution in [0.2, 0.25) is 0 Å². The van der Waals surface area contributed by atoms with Gasteiger partial charge in [0.05, 0.1) is 0 Å². The monoisotopic (exact) mass is 670 g/mol. The third-order valence-electron chi connectivity index (χ3n) is 7.16. The van der Waals surface area contributed by atoms with Crippen LogP contribution >= 0.6 is 24.8 Å². The molecule has 2 aromatic rings. The Hall–Kier alpha value is -2.57. The van der Waals surface area contributed by atoms with Gasteiger partial charge in [-0.3, -0.25) is 0 Å². The first kappa shape index (κ1) is 35.6. The maximum Gasteiger partial charge on any atom is -0.147 e. The van der Waals surface area contributed by atoms with Crippen molar-refractivity contribution in [3.63, 3.8) is 0 Å². The number of halogens is 2. The summed E-state index contributed by atoms with van der Waals surface area (Å²) >= 11 is 1.55. The second kappa shape index (κ2) is 18.2. The molecular formula is C39H42Cl2Zr. The number of hydrogen-bond acceptors (Lipinski definition) is 0. The van der Waals surface area contributed by atoms with Gasteiger partial charge in [0.1, 0.15) is 0 Å². The summed E-state index contributed by atoms with van der Waals surface area (Å²) in [7, 11) is 0. The van der Waals surface area contributed by atoms with Crippen LogP contribution in [0.1, 0.15) is 51.7 Å². The van der Waals surface area contributed by atoms with Gasteiger partial charge in [-0.1, -0.05) is 135 Å². The summed E-state index contributed by atoms with van der Waals surface area (Å²) in [5, 5.41) is 0. The first-order valence-electron chi connectivity index (χ1n) is 14.4. The molecule has 0 saturated carbocycles. The maximum absolute atomic E-state index is 2.40. The molecule has 0 bridgehead atoms. The molecule has 0 radical (unpaired) electrons. The van der Waals surface area contributed by atoms with E-state index in [0.717, 1.165) is 0 Å². The van der Waals surface area contributed by atoms with Gasteiger partial charge in [0.25, 0.3) is 0 Å². The van der Waals surface area contributed by atoms with E-state index < -0.39 is 0 Å². The summed E-state index contributed by atoms with van der Waals surface area (Å²) in [4.78, 5) is 0. The van der Waals surface area contributed by atoms with E-state index in [1.807, 2.05) is 0 Å². The molecule has 0 fully saturated rings. The van der Waals surface area contributed by atoms with Crippen molar-refractivity contribution in [2.24, 2.45) is 11.8 Å². The molecule has 0 heterocycles. The molecule has 0 nitrogen and oxygen atoms in total. The first-order chi connectivity index (χ1) is 19.5. The van der Waals surface area contributed by atoms with Crippen LogP contribution in [-0.4, -0.2) is 3.21 Å². The molecule has 2 aromatic carbocycles. The molecule has 3 heteroatoms. The van der Waals surface area contributed by atoms with Gasteiger partial charge in [0.15, 0.2) is 0 Å². The Kier molecular flexibility index (Phi) is 15.4. The predicted octanol–water partition coefficient (Wildman–Crippen LogP) is 11.1. The summed E-state index contributed by atoms with van der Waals surface area (Å²) in [6.07, 6.45) is 29.3. The molecule has 0 aliphatic heterocycles. The predicted molar refractivity (Wildman–Crippen MR) is 186 cm³/mol. The van der Waals surface area contributed by atoms with Gasteiger partial charge in [0.2, 0.25) is 0 Å². The number of hydrogen-bond donors (Lipinski definition) is 0. The fourth-order valence-corrected chi connectivity index (χ4v) is 5.15. The molecule has 2 unspecified atom stereocenters. The Balaban J connectivity index is 0.000000250. The molecule has 216 valence electrons. The Labute approximate surface area is 281 Å². The topological polar surface area (TPSA) is 0 Å². The third-order valence-corrected chi connectivity index (χ3v) is 7.16. The van der Waals surface area contributed by atoms with Crippen LogP contribution in [0.15, 0.2) is 144 Å². The van der Waals surface area contributed by atoms with E-state index in [-0.39, 0.29) is 24.8 Å². The van der Waals surface area contributed by atoms with Crippen LogP contribution in [0.25, 0.3) is 11.1 Å². The summed E-state index contributed by atoms with van der Waals surface area (Å²) in [5.41, 5.74) is 10.8. The zero-order valence-corrected chi connectivity index (χ0v) is 29.2. The minimum atomic E-state index is 0. The average molecular weight is 673 g/mol. The van der Waals surface area contributed by atoms with E-state index in [4.69, 9.17) is 0 Å². The van der Waals surface area contributed by atoms with E-state index in [9.17, 15) is 0 Å². The number of allylic oxidation sites excluding steroid dienone is 16. The smallest absolute Gasteiger partial charge is 0.147 e. The molecule has 0 N–H and O–H groups in total. The molecule has 4 aliphatic rings. The van der Waals surface area contributed by atoms with Crippen molar-refractivity contribution < 1.29 is 24.2 Å². The maximum atomic E-state index is 2.40. The molecule has 0 saturated heterocycles. The van der Waals surface area contributed by atoms with Crippen LogP contribution in [0.4, 0.5) is 0 Å². The van der Waals surface area contributed by atoms with Crippen LogP contribution in [0.5, 0.6) is 0 Å². The minimum Gasteiger partial charge on any atom is -0.147 e. The Morgan fingerprint density at radius 2 is 0.905 bits per heavy atom. The number of benzene rings is 2. The van der Waals surface area contributed by atoms with Crippen molar-refractivity contribution in [1.29, 1.82) is 0 Å². The van der Waals surface area contributed by atoms with Crippen molar-refractivity contribution in [3.8, 4) is 0 Å². The van der Waals surface area contributed by atoms with Gasteiger partial charge < -0.3 is 0 Å². The van der Waals surface area contributed by atoms with Crippen molar-refractivity contribution in [2.75, 3.05) is 0 Å². The molecule has 0 spiro atoms. The molecule has 0 aromatic heterocycles. The summed E-state index contributed by atoms with van der Waals surface area (Å²) in [6, 6.07) is 21.3.